The number of anilines is 1. The lowest BCUT2D eigenvalue weighted by molar-refractivity contribution is -0.157. The molecule has 2 heterocycles. The molecular formula is C20H23N5O3. The largest absolute Gasteiger partial charge is 0.442 e. The van der Waals surface area contributed by atoms with Crippen LogP contribution in [0.5, 0.6) is 0 Å². The molecule has 0 aliphatic heterocycles. The van der Waals surface area contributed by atoms with E-state index in [-0.39, 0.29) is 18.6 Å². The number of hydrogen-bond acceptors (Lipinski definition) is 5. The summed E-state index contributed by atoms with van der Waals surface area (Å²) >= 11 is 0. The van der Waals surface area contributed by atoms with Crippen molar-refractivity contribution in [3.05, 3.63) is 60.2 Å². The number of ether oxygens (including phenoxy) is 1. The quantitative estimate of drug-likeness (QED) is 0.686. The molecule has 2 aromatic heterocycles. The van der Waals surface area contributed by atoms with Crippen LogP contribution in [-0.4, -0.2) is 31.4 Å². The molecule has 0 atom stereocenters. The molecule has 0 unspecified atom stereocenters. The van der Waals surface area contributed by atoms with Gasteiger partial charge in [0, 0.05) is 0 Å². The number of para-hydroxylation sites is 1. The van der Waals surface area contributed by atoms with E-state index in [1.54, 1.807) is 31.6 Å². The number of nitrogens with one attached hydrogen (secondary N) is 1. The van der Waals surface area contributed by atoms with E-state index in [1.807, 2.05) is 37.3 Å². The van der Waals surface area contributed by atoms with Crippen LogP contribution in [0.2, 0.25) is 0 Å². The van der Waals surface area contributed by atoms with E-state index in [1.165, 1.54) is 17.1 Å². The summed E-state index contributed by atoms with van der Waals surface area (Å²) in [5.74, 6) is -0.608. The maximum absolute atomic E-state index is 12.6. The van der Waals surface area contributed by atoms with Crippen molar-refractivity contribution in [3.8, 4) is 5.69 Å². The topological polar surface area (TPSA) is 91.0 Å². The summed E-state index contributed by atoms with van der Waals surface area (Å²) < 4.78 is 8.36. The molecule has 0 bridgehead atoms. The van der Waals surface area contributed by atoms with E-state index < -0.39 is 5.41 Å². The number of carbonyl (C=O) groups excluding carboxylic acids is 2. The fraction of sp³-hybridized carbons (Fsp3) is 0.300. The molecule has 0 spiro atoms. The second-order valence-corrected chi connectivity index (χ2v) is 7.42. The Labute approximate surface area is 163 Å². The second kappa shape index (κ2) is 7.67. The first-order valence-corrected chi connectivity index (χ1v) is 8.87. The minimum Gasteiger partial charge on any atom is -0.442 e. The average Bonchev–Trinajstić information content (AvgIpc) is 3.26. The number of carbonyl (C=O) groups is 2. The normalized spacial score (nSPS) is 11.3. The number of benzene rings is 1. The second-order valence-electron chi connectivity index (χ2n) is 7.42. The van der Waals surface area contributed by atoms with E-state index in [0.717, 1.165) is 11.4 Å². The lowest BCUT2D eigenvalue weighted by Gasteiger charge is -2.16. The Kier molecular flexibility index (Phi) is 5.30. The Bertz CT molecular complexity index is 983. The van der Waals surface area contributed by atoms with Crippen molar-refractivity contribution >= 4 is 17.6 Å². The predicted molar refractivity (Wildman–Crippen MR) is 104 cm³/mol. The number of nitrogens with zero attached hydrogens (tertiary/aromatic N) is 4. The van der Waals surface area contributed by atoms with Gasteiger partial charge in [0.2, 0.25) is 0 Å². The Balaban J connectivity index is 1.65. The summed E-state index contributed by atoms with van der Waals surface area (Å²) in [6, 6.07) is 9.59. The molecule has 1 amide bonds. The zero-order chi connectivity index (χ0) is 20.3. The van der Waals surface area contributed by atoms with E-state index in [2.05, 4.69) is 15.5 Å². The molecule has 1 aromatic carbocycles. The number of esters is 1. The number of amides is 1. The van der Waals surface area contributed by atoms with Gasteiger partial charge >= 0.3 is 5.97 Å². The van der Waals surface area contributed by atoms with Crippen molar-refractivity contribution in [3.63, 3.8) is 0 Å². The minimum absolute atomic E-state index is 0.0169. The van der Waals surface area contributed by atoms with Gasteiger partial charge in [-0.3, -0.25) is 9.59 Å². The highest BCUT2D eigenvalue weighted by molar-refractivity contribution is 6.04. The van der Waals surface area contributed by atoms with Crippen LogP contribution in [0.3, 0.4) is 0 Å². The SMILES string of the molecule is Cc1c(C(=O)Nc2cnn(COC(=O)C(C)(C)C)c2)cnn1-c1ccccc1. The van der Waals surface area contributed by atoms with Gasteiger partial charge in [0.15, 0.2) is 6.73 Å². The van der Waals surface area contributed by atoms with Crippen molar-refractivity contribution < 1.29 is 14.3 Å². The molecule has 0 saturated heterocycles. The van der Waals surface area contributed by atoms with Gasteiger partial charge in [0.25, 0.3) is 5.91 Å². The van der Waals surface area contributed by atoms with E-state index in [4.69, 9.17) is 4.74 Å². The van der Waals surface area contributed by atoms with Gasteiger partial charge in [-0.15, -0.1) is 0 Å². The fourth-order valence-electron chi connectivity index (χ4n) is 2.50. The third-order valence-electron chi connectivity index (χ3n) is 4.09. The zero-order valence-corrected chi connectivity index (χ0v) is 16.3. The van der Waals surface area contributed by atoms with E-state index in [9.17, 15) is 9.59 Å². The summed E-state index contributed by atoms with van der Waals surface area (Å²) in [7, 11) is 0. The van der Waals surface area contributed by atoms with Crippen LogP contribution in [0.4, 0.5) is 5.69 Å². The van der Waals surface area contributed by atoms with Gasteiger partial charge in [-0.1, -0.05) is 18.2 Å². The Morgan fingerprint density at radius 3 is 2.50 bits per heavy atom. The Morgan fingerprint density at radius 1 is 1.11 bits per heavy atom. The summed E-state index contributed by atoms with van der Waals surface area (Å²) in [5, 5.41) is 11.2. The molecule has 3 aromatic rings. The Hall–Kier alpha value is -3.42. The molecule has 146 valence electrons. The highest BCUT2D eigenvalue weighted by Gasteiger charge is 2.23. The Morgan fingerprint density at radius 2 is 1.82 bits per heavy atom. The van der Waals surface area contributed by atoms with Crippen LogP contribution >= 0.6 is 0 Å². The van der Waals surface area contributed by atoms with Crippen molar-refractivity contribution in [2.75, 3.05) is 5.32 Å². The monoisotopic (exact) mass is 381 g/mol. The van der Waals surface area contributed by atoms with Gasteiger partial charge in [0.05, 0.1) is 46.6 Å². The van der Waals surface area contributed by atoms with E-state index >= 15 is 0 Å². The van der Waals surface area contributed by atoms with Crippen molar-refractivity contribution in [1.82, 2.24) is 19.6 Å². The summed E-state index contributed by atoms with van der Waals surface area (Å²) in [6.07, 6.45) is 4.64. The van der Waals surface area contributed by atoms with Gasteiger partial charge in [-0.05, 0) is 39.8 Å². The van der Waals surface area contributed by atoms with Crippen LogP contribution in [0.15, 0.2) is 48.9 Å². The first kappa shape index (κ1) is 19.3. The van der Waals surface area contributed by atoms with Crippen LogP contribution in [0, 0.1) is 12.3 Å². The number of rotatable bonds is 5. The molecule has 0 saturated carbocycles. The molecule has 0 aliphatic rings. The van der Waals surface area contributed by atoms with Crippen molar-refractivity contribution in [1.29, 1.82) is 0 Å². The van der Waals surface area contributed by atoms with Crippen molar-refractivity contribution in [2.45, 2.75) is 34.4 Å². The van der Waals surface area contributed by atoms with Gasteiger partial charge < -0.3 is 10.1 Å². The first-order chi connectivity index (χ1) is 13.3. The van der Waals surface area contributed by atoms with Crippen LogP contribution < -0.4 is 5.32 Å². The highest BCUT2D eigenvalue weighted by atomic mass is 16.5. The molecule has 1 N–H and O–H groups in total. The highest BCUT2D eigenvalue weighted by Crippen LogP contribution is 2.17. The molecule has 8 nitrogen and oxygen atoms in total. The molecule has 8 heteroatoms. The summed E-state index contributed by atoms with van der Waals surface area (Å²) in [5.41, 5.74) is 2.00. The third-order valence-corrected chi connectivity index (χ3v) is 4.09. The molecule has 0 radical (unpaired) electrons. The molecule has 0 aliphatic carbocycles. The number of aromatic nitrogens is 4. The van der Waals surface area contributed by atoms with Gasteiger partial charge in [0.1, 0.15) is 0 Å². The first-order valence-electron chi connectivity index (χ1n) is 8.87. The maximum atomic E-state index is 12.6. The minimum atomic E-state index is -0.583. The lowest BCUT2D eigenvalue weighted by atomic mass is 9.98. The van der Waals surface area contributed by atoms with Gasteiger partial charge in [-0.25, -0.2) is 9.36 Å². The lowest BCUT2D eigenvalue weighted by Crippen LogP contribution is -2.24. The molecule has 0 fully saturated rings. The average molecular weight is 381 g/mol. The predicted octanol–water partition coefficient (Wildman–Crippen LogP) is 3.18. The summed E-state index contributed by atoms with van der Waals surface area (Å²) in [6.45, 7) is 7.16. The van der Waals surface area contributed by atoms with Crippen LogP contribution in [0.25, 0.3) is 5.69 Å². The molecule has 28 heavy (non-hydrogen) atoms. The van der Waals surface area contributed by atoms with E-state index in [0.29, 0.717) is 11.3 Å². The van der Waals surface area contributed by atoms with Crippen LogP contribution in [-0.2, 0) is 16.3 Å². The van der Waals surface area contributed by atoms with Crippen LogP contribution in [0.1, 0.15) is 36.8 Å². The molecular weight excluding hydrogens is 358 g/mol. The zero-order valence-electron chi connectivity index (χ0n) is 16.3. The molecule has 3 rings (SSSR count). The standard InChI is InChI=1S/C20H23N5O3/c1-14-17(11-22-25(14)16-8-6-5-7-9-16)18(26)23-15-10-21-24(12-15)13-28-19(27)20(2,3)4/h5-12H,13H2,1-4H3,(H,23,26). The number of hydrogen-bond donors (Lipinski definition) is 1. The maximum Gasteiger partial charge on any atom is 0.313 e. The van der Waals surface area contributed by atoms with Gasteiger partial charge in [-0.2, -0.15) is 10.2 Å². The third kappa shape index (κ3) is 4.28. The fourth-order valence-corrected chi connectivity index (χ4v) is 2.50. The van der Waals surface area contributed by atoms with Crippen molar-refractivity contribution in [2.24, 2.45) is 5.41 Å². The summed E-state index contributed by atoms with van der Waals surface area (Å²) in [4.78, 5) is 24.4. The smallest absolute Gasteiger partial charge is 0.313 e.